The minimum Gasteiger partial charge on any atom is -0.307 e. The van der Waals surface area contributed by atoms with Crippen molar-refractivity contribution in [3.63, 3.8) is 0 Å². The van der Waals surface area contributed by atoms with Gasteiger partial charge in [0.05, 0.1) is 0 Å². The van der Waals surface area contributed by atoms with Gasteiger partial charge in [0.25, 0.3) is 0 Å². The molecule has 0 bridgehead atoms. The maximum absolute atomic E-state index is 4.23. The smallest absolute Gasteiger partial charge is 0.0315 e. The van der Waals surface area contributed by atoms with Crippen LogP contribution in [0.15, 0.2) is 24.5 Å². The van der Waals surface area contributed by atoms with Crippen LogP contribution in [0.2, 0.25) is 0 Å². The number of nitrogens with zero attached hydrogens (tertiary/aromatic N) is 1. The molecule has 0 spiro atoms. The fraction of sp³-hybridized carbons (Fsp3) is 0.706. The lowest BCUT2D eigenvalue weighted by molar-refractivity contribution is 0.124. The number of rotatable bonds is 3. The Hall–Kier alpha value is -0.890. The molecule has 1 fully saturated rings. The molecule has 1 aliphatic carbocycles. The van der Waals surface area contributed by atoms with E-state index in [0.29, 0.717) is 17.5 Å². The van der Waals surface area contributed by atoms with Gasteiger partial charge in [-0.15, -0.1) is 0 Å². The predicted molar refractivity (Wildman–Crippen MR) is 81.0 cm³/mol. The first kappa shape index (κ1) is 14.5. The van der Waals surface area contributed by atoms with E-state index in [4.69, 9.17) is 0 Å². The molecule has 2 unspecified atom stereocenters. The van der Waals surface area contributed by atoms with Crippen LogP contribution in [0, 0.1) is 11.3 Å². The van der Waals surface area contributed by atoms with Crippen molar-refractivity contribution in [3.8, 4) is 0 Å². The fourth-order valence-electron chi connectivity index (χ4n) is 3.42. The first-order valence-electron chi connectivity index (χ1n) is 7.64. The number of hydrogen-bond donors (Lipinski definition) is 1. The first-order valence-corrected chi connectivity index (χ1v) is 7.64. The molecule has 2 heteroatoms. The summed E-state index contributed by atoms with van der Waals surface area (Å²) < 4.78 is 0. The Labute approximate surface area is 118 Å². The Kier molecular flexibility index (Phi) is 4.62. The van der Waals surface area contributed by atoms with Gasteiger partial charge in [-0.2, -0.15) is 0 Å². The van der Waals surface area contributed by atoms with E-state index in [1.54, 1.807) is 0 Å². The van der Waals surface area contributed by atoms with Crippen LogP contribution >= 0.6 is 0 Å². The third-order valence-electron chi connectivity index (χ3n) is 4.53. The quantitative estimate of drug-likeness (QED) is 0.874. The van der Waals surface area contributed by atoms with E-state index in [9.17, 15) is 0 Å². The van der Waals surface area contributed by atoms with Crippen molar-refractivity contribution in [2.75, 3.05) is 0 Å². The summed E-state index contributed by atoms with van der Waals surface area (Å²) in [6, 6.07) is 5.22. The Morgan fingerprint density at radius 2 is 2.00 bits per heavy atom. The van der Waals surface area contributed by atoms with Crippen molar-refractivity contribution in [2.45, 2.75) is 65.5 Å². The van der Waals surface area contributed by atoms with Crippen LogP contribution in [0.4, 0.5) is 0 Å². The molecule has 1 heterocycles. The Bertz CT molecular complexity index is 380. The molecule has 1 aromatic rings. The lowest BCUT2D eigenvalue weighted by Crippen LogP contribution is -2.45. The summed E-state index contributed by atoms with van der Waals surface area (Å²) in [7, 11) is 0. The standard InChI is InChI=1S/C17H28N2/c1-13(14-8-7-11-18-12-14)19-16-10-6-5-9-15(16)17(2,3)4/h7-8,11-13,15-16,19H,5-6,9-10H2,1-4H3/t13-,15?,16?/m1/s1. The van der Waals surface area contributed by atoms with Crippen molar-refractivity contribution >= 4 is 0 Å². The van der Waals surface area contributed by atoms with Crippen molar-refractivity contribution in [3.05, 3.63) is 30.1 Å². The molecule has 1 aromatic heterocycles. The van der Waals surface area contributed by atoms with E-state index in [2.05, 4.69) is 44.1 Å². The molecule has 0 amide bonds. The summed E-state index contributed by atoms with van der Waals surface area (Å²) in [4.78, 5) is 4.23. The van der Waals surface area contributed by atoms with Crippen molar-refractivity contribution in [1.82, 2.24) is 10.3 Å². The van der Waals surface area contributed by atoms with Crippen LogP contribution in [-0.4, -0.2) is 11.0 Å². The predicted octanol–water partition coefficient (Wildman–Crippen LogP) is 4.34. The molecule has 0 radical (unpaired) electrons. The number of hydrogen-bond acceptors (Lipinski definition) is 2. The Morgan fingerprint density at radius 3 is 2.63 bits per heavy atom. The third-order valence-corrected chi connectivity index (χ3v) is 4.53. The van der Waals surface area contributed by atoms with Gasteiger partial charge >= 0.3 is 0 Å². The second-order valence-corrected chi connectivity index (χ2v) is 7.04. The van der Waals surface area contributed by atoms with Gasteiger partial charge in [0.1, 0.15) is 0 Å². The average Bonchev–Trinajstić information content (AvgIpc) is 2.39. The van der Waals surface area contributed by atoms with Crippen molar-refractivity contribution < 1.29 is 0 Å². The van der Waals surface area contributed by atoms with Gasteiger partial charge in [0, 0.05) is 24.5 Å². The molecule has 3 atom stereocenters. The zero-order chi connectivity index (χ0) is 13.9. The van der Waals surface area contributed by atoms with E-state index in [-0.39, 0.29) is 0 Å². The van der Waals surface area contributed by atoms with Gasteiger partial charge in [-0.25, -0.2) is 0 Å². The lowest BCUT2D eigenvalue weighted by Gasteiger charge is -2.42. The highest BCUT2D eigenvalue weighted by molar-refractivity contribution is 5.13. The van der Waals surface area contributed by atoms with E-state index in [1.165, 1.54) is 31.2 Å². The largest absolute Gasteiger partial charge is 0.307 e. The van der Waals surface area contributed by atoms with Crippen LogP contribution < -0.4 is 5.32 Å². The topological polar surface area (TPSA) is 24.9 Å². The maximum atomic E-state index is 4.23. The number of nitrogens with one attached hydrogen (secondary N) is 1. The van der Waals surface area contributed by atoms with Gasteiger partial charge in [0.2, 0.25) is 0 Å². The van der Waals surface area contributed by atoms with Crippen LogP contribution in [-0.2, 0) is 0 Å². The van der Waals surface area contributed by atoms with E-state index < -0.39 is 0 Å². The molecule has 0 aromatic carbocycles. The molecule has 0 saturated heterocycles. The highest BCUT2D eigenvalue weighted by Crippen LogP contribution is 2.38. The molecule has 2 nitrogen and oxygen atoms in total. The summed E-state index contributed by atoms with van der Waals surface area (Å²) in [5.41, 5.74) is 1.69. The highest BCUT2D eigenvalue weighted by atomic mass is 15.0. The zero-order valence-corrected chi connectivity index (χ0v) is 12.8. The summed E-state index contributed by atoms with van der Waals surface area (Å²) in [6.45, 7) is 9.40. The molecular formula is C17H28N2. The maximum Gasteiger partial charge on any atom is 0.0315 e. The Morgan fingerprint density at radius 1 is 1.26 bits per heavy atom. The van der Waals surface area contributed by atoms with E-state index in [1.807, 2.05) is 18.5 Å². The molecule has 1 aliphatic rings. The highest BCUT2D eigenvalue weighted by Gasteiger charge is 2.34. The lowest BCUT2D eigenvalue weighted by atomic mass is 9.69. The molecule has 2 rings (SSSR count). The fourth-order valence-corrected chi connectivity index (χ4v) is 3.42. The minimum atomic E-state index is 0.390. The van der Waals surface area contributed by atoms with Gasteiger partial charge in [-0.3, -0.25) is 4.98 Å². The molecule has 106 valence electrons. The summed E-state index contributed by atoms with van der Waals surface area (Å²) in [5, 5.41) is 3.85. The minimum absolute atomic E-state index is 0.390. The van der Waals surface area contributed by atoms with Crippen LogP contribution in [0.1, 0.15) is 65.0 Å². The van der Waals surface area contributed by atoms with E-state index in [0.717, 1.165) is 5.92 Å². The monoisotopic (exact) mass is 260 g/mol. The SMILES string of the molecule is C[C@@H](NC1CCCCC1C(C)(C)C)c1cccnc1. The van der Waals surface area contributed by atoms with Gasteiger partial charge in [-0.1, -0.05) is 39.7 Å². The summed E-state index contributed by atoms with van der Waals surface area (Å²) >= 11 is 0. The van der Waals surface area contributed by atoms with Gasteiger partial charge < -0.3 is 5.32 Å². The normalized spacial score (nSPS) is 26.1. The number of pyridine rings is 1. The molecule has 1 N–H and O–H groups in total. The van der Waals surface area contributed by atoms with Gasteiger partial charge in [-0.05, 0) is 42.7 Å². The van der Waals surface area contributed by atoms with Crippen molar-refractivity contribution in [2.24, 2.45) is 11.3 Å². The summed E-state index contributed by atoms with van der Waals surface area (Å²) in [5.74, 6) is 0.778. The average molecular weight is 260 g/mol. The zero-order valence-electron chi connectivity index (χ0n) is 12.8. The first-order chi connectivity index (χ1) is 8.98. The number of aromatic nitrogens is 1. The second kappa shape index (κ2) is 6.04. The van der Waals surface area contributed by atoms with E-state index >= 15 is 0 Å². The Balaban J connectivity index is 2.04. The third kappa shape index (κ3) is 3.79. The molecule has 19 heavy (non-hydrogen) atoms. The second-order valence-electron chi connectivity index (χ2n) is 7.04. The van der Waals surface area contributed by atoms with Crippen LogP contribution in [0.5, 0.6) is 0 Å². The molecular weight excluding hydrogens is 232 g/mol. The van der Waals surface area contributed by atoms with Crippen LogP contribution in [0.25, 0.3) is 0 Å². The molecule has 0 aliphatic heterocycles. The molecule has 1 saturated carbocycles. The van der Waals surface area contributed by atoms with Gasteiger partial charge in [0.15, 0.2) is 0 Å². The van der Waals surface area contributed by atoms with Crippen molar-refractivity contribution in [1.29, 1.82) is 0 Å². The summed E-state index contributed by atoms with van der Waals surface area (Å²) in [6.07, 6.45) is 9.25. The van der Waals surface area contributed by atoms with Crippen LogP contribution in [0.3, 0.4) is 0 Å².